The Balaban J connectivity index is 2.29. The fraction of sp³-hybridized carbons (Fsp3) is 0.375. The van der Waals surface area contributed by atoms with E-state index in [-0.39, 0.29) is 25.1 Å². The fourth-order valence-electron chi connectivity index (χ4n) is 2.31. The van der Waals surface area contributed by atoms with Gasteiger partial charge in [0.05, 0.1) is 22.5 Å². The van der Waals surface area contributed by atoms with Gasteiger partial charge in [-0.2, -0.15) is 0 Å². The van der Waals surface area contributed by atoms with Gasteiger partial charge in [0, 0.05) is 18.1 Å². The van der Waals surface area contributed by atoms with E-state index in [4.69, 9.17) is 0 Å². The Hall–Kier alpha value is -1.24. The molecule has 6 heteroatoms. The third-order valence-corrected chi connectivity index (χ3v) is 5.96. The summed E-state index contributed by atoms with van der Waals surface area (Å²) in [6.07, 6.45) is 0.758. The van der Waals surface area contributed by atoms with Gasteiger partial charge in [0.1, 0.15) is 0 Å². The van der Waals surface area contributed by atoms with E-state index in [1.54, 1.807) is 4.90 Å². The number of rotatable bonds is 6. The van der Waals surface area contributed by atoms with Gasteiger partial charge >= 0.3 is 0 Å². The number of nitrogens with zero attached hydrogens (tertiary/aromatic N) is 1. The summed E-state index contributed by atoms with van der Waals surface area (Å²) in [5.41, 5.74) is 1.01. The molecule has 1 amide bonds. The van der Waals surface area contributed by atoms with Crippen molar-refractivity contribution in [1.82, 2.24) is 4.90 Å². The summed E-state index contributed by atoms with van der Waals surface area (Å²) in [5.74, 6) is 1.48. The predicted molar refractivity (Wildman–Crippen MR) is 91.7 cm³/mol. The largest absolute Gasteiger partial charge is 0.395 e. The van der Waals surface area contributed by atoms with Crippen LogP contribution in [0, 0.1) is 0 Å². The third-order valence-electron chi connectivity index (χ3n) is 3.46. The van der Waals surface area contributed by atoms with E-state index in [0.717, 1.165) is 23.4 Å². The maximum absolute atomic E-state index is 12.8. The van der Waals surface area contributed by atoms with Gasteiger partial charge in [0.25, 0.3) is 5.91 Å². The van der Waals surface area contributed by atoms with Gasteiger partial charge in [-0.1, -0.05) is 30.3 Å². The van der Waals surface area contributed by atoms with Gasteiger partial charge in [-0.05, 0) is 12.5 Å². The molecule has 1 aliphatic heterocycles. The Morgan fingerprint density at radius 3 is 2.64 bits per heavy atom. The molecule has 1 aliphatic rings. The van der Waals surface area contributed by atoms with Crippen LogP contribution in [0.4, 0.5) is 0 Å². The fourth-order valence-corrected chi connectivity index (χ4v) is 4.47. The highest BCUT2D eigenvalue weighted by Crippen LogP contribution is 2.35. The zero-order valence-corrected chi connectivity index (χ0v) is 14.0. The Kier molecular flexibility index (Phi) is 6.54. The van der Waals surface area contributed by atoms with Gasteiger partial charge in [0.15, 0.2) is 6.29 Å². The molecule has 1 heterocycles. The van der Waals surface area contributed by atoms with E-state index in [0.29, 0.717) is 9.81 Å². The standard InChI is InChI=1S/C16H19NO3S2/c1-12(13-5-3-2-4-6-13)17(7-8-18)16(20)15-14(11-19)21-9-10-22-15/h2-6,11-12,18H,7-10H2,1H3/t12-/m0/s1. The minimum Gasteiger partial charge on any atom is -0.395 e. The Morgan fingerprint density at radius 2 is 2.00 bits per heavy atom. The van der Waals surface area contributed by atoms with E-state index in [1.165, 1.54) is 23.5 Å². The Bertz CT molecular complexity index is 560. The molecule has 0 aliphatic carbocycles. The number of allylic oxidation sites excluding steroid dienone is 1. The average Bonchev–Trinajstić information content (AvgIpc) is 2.59. The molecule has 0 radical (unpaired) electrons. The Labute approximate surface area is 139 Å². The molecule has 22 heavy (non-hydrogen) atoms. The molecule has 1 aromatic rings. The number of aldehydes is 1. The van der Waals surface area contributed by atoms with Crippen LogP contribution in [0.3, 0.4) is 0 Å². The van der Waals surface area contributed by atoms with E-state index in [2.05, 4.69) is 0 Å². The molecule has 0 spiro atoms. The van der Waals surface area contributed by atoms with Crippen LogP contribution in [-0.2, 0) is 9.59 Å². The van der Waals surface area contributed by atoms with Crippen LogP contribution in [0.5, 0.6) is 0 Å². The van der Waals surface area contributed by atoms with Crippen molar-refractivity contribution in [2.75, 3.05) is 24.7 Å². The molecular formula is C16H19NO3S2. The number of hydrogen-bond acceptors (Lipinski definition) is 5. The van der Waals surface area contributed by atoms with Crippen molar-refractivity contribution >= 4 is 35.7 Å². The lowest BCUT2D eigenvalue weighted by Crippen LogP contribution is -2.37. The van der Waals surface area contributed by atoms with Crippen LogP contribution in [0.25, 0.3) is 0 Å². The normalized spacial score (nSPS) is 16.3. The Morgan fingerprint density at radius 1 is 1.32 bits per heavy atom. The van der Waals surface area contributed by atoms with Crippen LogP contribution in [0.2, 0.25) is 0 Å². The van der Waals surface area contributed by atoms with Crippen molar-refractivity contribution in [2.24, 2.45) is 0 Å². The van der Waals surface area contributed by atoms with Crippen molar-refractivity contribution in [3.63, 3.8) is 0 Å². The zero-order valence-electron chi connectivity index (χ0n) is 12.4. The molecule has 4 nitrogen and oxygen atoms in total. The second-order valence-electron chi connectivity index (χ2n) is 4.82. The third kappa shape index (κ3) is 3.94. The molecule has 0 fully saturated rings. The highest BCUT2D eigenvalue weighted by molar-refractivity contribution is 8.11. The molecule has 0 saturated heterocycles. The van der Waals surface area contributed by atoms with Gasteiger partial charge in [-0.25, -0.2) is 0 Å². The number of carbonyl (C=O) groups excluding carboxylic acids is 2. The number of amides is 1. The van der Waals surface area contributed by atoms with Crippen LogP contribution in [0.1, 0.15) is 18.5 Å². The number of benzene rings is 1. The van der Waals surface area contributed by atoms with Crippen LogP contribution < -0.4 is 0 Å². The van der Waals surface area contributed by atoms with Crippen molar-refractivity contribution in [3.05, 3.63) is 45.7 Å². The summed E-state index contributed by atoms with van der Waals surface area (Å²) in [4.78, 5) is 26.7. The zero-order chi connectivity index (χ0) is 15.9. The second-order valence-corrected chi connectivity index (χ2v) is 7.06. The first-order valence-corrected chi connectivity index (χ1v) is 9.08. The van der Waals surface area contributed by atoms with Crippen molar-refractivity contribution < 1.29 is 14.7 Å². The van der Waals surface area contributed by atoms with Crippen LogP contribution >= 0.6 is 23.5 Å². The van der Waals surface area contributed by atoms with Crippen molar-refractivity contribution in [1.29, 1.82) is 0 Å². The molecule has 2 rings (SSSR count). The van der Waals surface area contributed by atoms with Gasteiger partial charge in [-0.3, -0.25) is 9.59 Å². The minimum atomic E-state index is -0.176. The number of aliphatic hydroxyl groups is 1. The molecule has 0 unspecified atom stereocenters. The first-order chi connectivity index (χ1) is 10.7. The van der Waals surface area contributed by atoms with Crippen LogP contribution in [0.15, 0.2) is 40.1 Å². The summed E-state index contributed by atoms with van der Waals surface area (Å²) in [5, 5.41) is 9.31. The lowest BCUT2D eigenvalue weighted by atomic mass is 10.1. The van der Waals surface area contributed by atoms with E-state index < -0.39 is 0 Å². The van der Waals surface area contributed by atoms with Gasteiger partial charge in [0.2, 0.25) is 0 Å². The summed E-state index contributed by atoms with van der Waals surface area (Å²) in [7, 11) is 0. The smallest absolute Gasteiger partial charge is 0.262 e. The number of aliphatic hydroxyl groups excluding tert-OH is 1. The topological polar surface area (TPSA) is 57.6 Å². The lowest BCUT2D eigenvalue weighted by molar-refractivity contribution is -0.129. The van der Waals surface area contributed by atoms with E-state index in [1.807, 2.05) is 37.3 Å². The highest BCUT2D eigenvalue weighted by atomic mass is 32.2. The number of thioether (sulfide) groups is 2. The second kappa shape index (κ2) is 8.41. The molecule has 1 atom stereocenters. The molecular weight excluding hydrogens is 318 g/mol. The quantitative estimate of drug-likeness (QED) is 0.808. The highest BCUT2D eigenvalue weighted by Gasteiger charge is 2.28. The van der Waals surface area contributed by atoms with Gasteiger partial charge in [-0.15, -0.1) is 23.5 Å². The minimum absolute atomic E-state index is 0.107. The van der Waals surface area contributed by atoms with Crippen molar-refractivity contribution in [3.8, 4) is 0 Å². The molecule has 0 saturated carbocycles. The van der Waals surface area contributed by atoms with E-state index in [9.17, 15) is 14.7 Å². The van der Waals surface area contributed by atoms with E-state index >= 15 is 0 Å². The van der Waals surface area contributed by atoms with Crippen molar-refractivity contribution in [2.45, 2.75) is 13.0 Å². The number of hydrogen-bond donors (Lipinski definition) is 1. The summed E-state index contributed by atoms with van der Waals surface area (Å²) >= 11 is 2.85. The summed E-state index contributed by atoms with van der Waals surface area (Å²) in [6, 6.07) is 9.53. The molecule has 0 bridgehead atoms. The predicted octanol–water partition coefficient (Wildman–Crippen LogP) is 2.46. The molecule has 0 aromatic heterocycles. The number of carbonyl (C=O) groups is 2. The SMILES string of the molecule is C[C@@H](c1ccccc1)N(CCO)C(=O)C1=C(C=O)SCCS1. The lowest BCUT2D eigenvalue weighted by Gasteiger charge is -2.31. The molecule has 1 N–H and O–H groups in total. The first kappa shape index (κ1) is 17.1. The summed E-state index contributed by atoms with van der Waals surface area (Å²) in [6.45, 7) is 2.07. The first-order valence-electron chi connectivity index (χ1n) is 7.11. The monoisotopic (exact) mass is 337 g/mol. The van der Waals surface area contributed by atoms with Gasteiger partial charge < -0.3 is 10.0 Å². The summed E-state index contributed by atoms with van der Waals surface area (Å²) < 4.78 is 0. The average molecular weight is 337 g/mol. The molecule has 118 valence electrons. The maximum atomic E-state index is 12.8. The van der Waals surface area contributed by atoms with Crippen LogP contribution in [-0.4, -0.2) is 46.9 Å². The maximum Gasteiger partial charge on any atom is 0.262 e. The molecule has 1 aromatic carbocycles.